The molecule has 112 valence electrons. The van der Waals surface area contributed by atoms with Crippen LogP contribution in [0.15, 0.2) is 18.2 Å². The highest BCUT2D eigenvalue weighted by atomic mass is 32.1. The lowest BCUT2D eigenvalue weighted by atomic mass is 10.1. The highest BCUT2D eigenvalue weighted by molar-refractivity contribution is 7.80. The van der Waals surface area contributed by atoms with Gasteiger partial charge in [-0.25, -0.2) is 4.39 Å². The van der Waals surface area contributed by atoms with Crippen molar-refractivity contribution in [1.82, 2.24) is 4.90 Å². The van der Waals surface area contributed by atoms with Gasteiger partial charge in [-0.1, -0.05) is 12.2 Å². The Morgan fingerprint density at radius 3 is 2.70 bits per heavy atom. The first-order valence-electron chi connectivity index (χ1n) is 6.95. The van der Waals surface area contributed by atoms with Crippen LogP contribution in [-0.4, -0.2) is 36.1 Å². The zero-order valence-electron chi connectivity index (χ0n) is 12.4. The van der Waals surface area contributed by atoms with Crippen LogP contribution in [0, 0.1) is 5.82 Å². The van der Waals surface area contributed by atoms with Gasteiger partial charge >= 0.3 is 0 Å². The maximum absolute atomic E-state index is 13.2. The Kier molecular flexibility index (Phi) is 6.88. The molecule has 0 fully saturated rings. The van der Waals surface area contributed by atoms with E-state index in [1.165, 1.54) is 12.1 Å². The van der Waals surface area contributed by atoms with Crippen LogP contribution in [0.4, 0.5) is 10.1 Å². The minimum Gasteiger partial charge on any atom is -0.389 e. The van der Waals surface area contributed by atoms with Crippen molar-refractivity contribution in [3.05, 3.63) is 29.6 Å². The van der Waals surface area contributed by atoms with E-state index in [1.807, 2.05) is 0 Å². The van der Waals surface area contributed by atoms with E-state index in [0.717, 1.165) is 31.6 Å². The van der Waals surface area contributed by atoms with Crippen LogP contribution in [0.5, 0.6) is 0 Å². The number of thiocarbonyl (C=S) groups is 1. The van der Waals surface area contributed by atoms with Crippen LogP contribution in [0.25, 0.3) is 0 Å². The van der Waals surface area contributed by atoms with Crippen molar-refractivity contribution in [1.29, 1.82) is 0 Å². The van der Waals surface area contributed by atoms with Gasteiger partial charge < -0.3 is 16.0 Å². The number of hydrogen-bond acceptors (Lipinski definition) is 3. The predicted octanol–water partition coefficient (Wildman–Crippen LogP) is 2.99. The van der Waals surface area contributed by atoms with Crippen LogP contribution in [0.2, 0.25) is 0 Å². The van der Waals surface area contributed by atoms with Gasteiger partial charge in [0, 0.05) is 23.8 Å². The molecule has 0 aliphatic carbocycles. The number of rotatable bonds is 8. The van der Waals surface area contributed by atoms with Crippen molar-refractivity contribution in [2.75, 3.05) is 25.5 Å². The van der Waals surface area contributed by atoms with Crippen LogP contribution >= 0.6 is 12.2 Å². The fourth-order valence-electron chi connectivity index (χ4n) is 1.84. The van der Waals surface area contributed by atoms with Gasteiger partial charge in [0.2, 0.25) is 0 Å². The lowest BCUT2D eigenvalue weighted by Crippen LogP contribution is -2.27. The summed E-state index contributed by atoms with van der Waals surface area (Å²) in [7, 11) is 2.13. The summed E-state index contributed by atoms with van der Waals surface area (Å²) in [5.74, 6) is -0.322. The summed E-state index contributed by atoms with van der Waals surface area (Å²) in [5.41, 5.74) is 6.98. The normalized spacial score (nSPS) is 11.1. The molecular formula is C15H24FN3S. The molecule has 20 heavy (non-hydrogen) atoms. The molecule has 0 radical (unpaired) electrons. The largest absolute Gasteiger partial charge is 0.389 e. The summed E-state index contributed by atoms with van der Waals surface area (Å²) in [6.45, 7) is 6.27. The van der Waals surface area contributed by atoms with Gasteiger partial charge in [0.1, 0.15) is 10.8 Å². The summed E-state index contributed by atoms with van der Waals surface area (Å²) < 4.78 is 13.2. The molecule has 0 aromatic heterocycles. The highest BCUT2D eigenvalue weighted by Gasteiger charge is 2.06. The number of nitrogens with zero attached hydrogens (tertiary/aromatic N) is 1. The van der Waals surface area contributed by atoms with Crippen molar-refractivity contribution in [2.24, 2.45) is 5.73 Å². The fraction of sp³-hybridized carbons (Fsp3) is 0.533. The molecule has 0 aliphatic rings. The predicted molar refractivity (Wildman–Crippen MR) is 87.8 cm³/mol. The first-order valence-corrected chi connectivity index (χ1v) is 7.36. The highest BCUT2D eigenvalue weighted by Crippen LogP contribution is 2.17. The number of halogens is 1. The Morgan fingerprint density at radius 1 is 1.40 bits per heavy atom. The van der Waals surface area contributed by atoms with Gasteiger partial charge in [0.15, 0.2) is 0 Å². The van der Waals surface area contributed by atoms with E-state index in [4.69, 9.17) is 18.0 Å². The molecule has 1 rings (SSSR count). The van der Waals surface area contributed by atoms with E-state index >= 15 is 0 Å². The van der Waals surface area contributed by atoms with Crippen molar-refractivity contribution in [3.63, 3.8) is 0 Å². The number of anilines is 1. The van der Waals surface area contributed by atoms with Gasteiger partial charge in [0.05, 0.1) is 0 Å². The molecule has 1 aromatic carbocycles. The first-order chi connectivity index (χ1) is 9.41. The molecule has 3 N–H and O–H groups in total. The van der Waals surface area contributed by atoms with Gasteiger partial charge in [-0.05, 0) is 58.5 Å². The summed E-state index contributed by atoms with van der Waals surface area (Å²) in [5, 5.41) is 3.27. The lowest BCUT2D eigenvalue weighted by Gasteiger charge is -2.20. The molecule has 0 heterocycles. The molecule has 0 aliphatic heterocycles. The minimum absolute atomic E-state index is 0.214. The zero-order chi connectivity index (χ0) is 15.1. The second kappa shape index (κ2) is 8.17. The van der Waals surface area contributed by atoms with Crippen molar-refractivity contribution >= 4 is 22.9 Å². The number of benzene rings is 1. The summed E-state index contributed by atoms with van der Waals surface area (Å²) >= 11 is 4.94. The van der Waals surface area contributed by atoms with Gasteiger partial charge in [-0.3, -0.25) is 0 Å². The third kappa shape index (κ3) is 5.43. The standard InChI is InChI=1S/C15H24FN3S/c1-11(2)19(3)9-5-4-8-18-14-7-6-12(16)10-13(14)15(17)20/h6-7,10-11,18H,4-5,8-9H2,1-3H3,(H2,17,20). The molecule has 0 saturated carbocycles. The quantitative estimate of drug-likeness (QED) is 0.572. The Hall–Kier alpha value is -1.20. The van der Waals surface area contributed by atoms with E-state index in [0.29, 0.717) is 11.6 Å². The number of hydrogen-bond donors (Lipinski definition) is 2. The van der Waals surface area contributed by atoms with Gasteiger partial charge in [-0.2, -0.15) is 0 Å². The third-order valence-electron chi connectivity index (χ3n) is 3.38. The molecule has 0 spiro atoms. The zero-order valence-corrected chi connectivity index (χ0v) is 13.3. The van der Waals surface area contributed by atoms with Crippen molar-refractivity contribution < 1.29 is 4.39 Å². The lowest BCUT2D eigenvalue weighted by molar-refractivity contribution is 0.269. The van der Waals surface area contributed by atoms with Crippen molar-refractivity contribution in [2.45, 2.75) is 32.7 Å². The monoisotopic (exact) mass is 297 g/mol. The molecular weight excluding hydrogens is 273 g/mol. The van der Waals surface area contributed by atoms with E-state index < -0.39 is 0 Å². The molecule has 0 saturated heterocycles. The first kappa shape index (κ1) is 16.9. The van der Waals surface area contributed by atoms with Crippen LogP contribution in [-0.2, 0) is 0 Å². The van der Waals surface area contributed by atoms with Crippen LogP contribution in [0.1, 0.15) is 32.3 Å². The summed E-state index contributed by atoms with van der Waals surface area (Å²) in [6, 6.07) is 5.04. The Balaban J connectivity index is 2.41. The van der Waals surface area contributed by atoms with E-state index in [9.17, 15) is 4.39 Å². The number of unbranched alkanes of at least 4 members (excludes halogenated alkanes) is 1. The van der Waals surface area contributed by atoms with Crippen molar-refractivity contribution in [3.8, 4) is 0 Å². The SMILES string of the molecule is CC(C)N(C)CCCCNc1ccc(F)cc1C(N)=S. The average molecular weight is 297 g/mol. The minimum atomic E-state index is -0.322. The number of nitrogens with one attached hydrogen (secondary N) is 1. The van der Waals surface area contributed by atoms with Gasteiger partial charge in [0.25, 0.3) is 0 Å². The second-order valence-electron chi connectivity index (χ2n) is 5.26. The fourth-order valence-corrected chi connectivity index (χ4v) is 2.01. The molecule has 0 amide bonds. The molecule has 0 bridgehead atoms. The molecule has 0 atom stereocenters. The smallest absolute Gasteiger partial charge is 0.124 e. The Morgan fingerprint density at radius 2 is 2.10 bits per heavy atom. The van der Waals surface area contributed by atoms with E-state index in [-0.39, 0.29) is 10.8 Å². The van der Waals surface area contributed by atoms with E-state index in [1.54, 1.807) is 6.07 Å². The topological polar surface area (TPSA) is 41.3 Å². The second-order valence-corrected chi connectivity index (χ2v) is 5.70. The number of nitrogens with two attached hydrogens (primary N) is 1. The summed E-state index contributed by atoms with van der Waals surface area (Å²) in [4.78, 5) is 2.53. The molecule has 5 heteroatoms. The maximum atomic E-state index is 13.2. The van der Waals surface area contributed by atoms with Crippen LogP contribution < -0.4 is 11.1 Å². The van der Waals surface area contributed by atoms with Gasteiger partial charge in [-0.15, -0.1) is 0 Å². The van der Waals surface area contributed by atoms with E-state index in [2.05, 4.69) is 31.1 Å². The third-order valence-corrected chi connectivity index (χ3v) is 3.60. The Labute approximate surface area is 126 Å². The summed E-state index contributed by atoms with van der Waals surface area (Å²) in [6.07, 6.45) is 2.16. The molecule has 1 aromatic rings. The molecule has 0 unspecified atom stereocenters. The van der Waals surface area contributed by atoms with Crippen LogP contribution in [0.3, 0.4) is 0 Å². The average Bonchev–Trinajstić information content (AvgIpc) is 2.39. The molecule has 3 nitrogen and oxygen atoms in total. The maximum Gasteiger partial charge on any atom is 0.124 e. The Bertz CT molecular complexity index is 449.